The van der Waals surface area contributed by atoms with Gasteiger partial charge in [0.25, 0.3) is 5.82 Å². The minimum atomic E-state index is -4.64. The molecule has 0 saturated heterocycles. The molecular weight excluding hydrogens is 261 g/mol. The third-order valence-electron chi connectivity index (χ3n) is 2.09. The summed E-state index contributed by atoms with van der Waals surface area (Å²) in [5, 5.41) is 21.0. The first-order valence-electron chi connectivity index (χ1n) is 4.76. The highest BCUT2D eigenvalue weighted by molar-refractivity contribution is 5.44. The lowest BCUT2D eigenvalue weighted by Crippen LogP contribution is -2.12. The topological polar surface area (TPSA) is 91.2 Å². The van der Waals surface area contributed by atoms with Crippen molar-refractivity contribution in [2.45, 2.75) is 6.18 Å². The van der Waals surface area contributed by atoms with E-state index in [0.717, 1.165) is 17.1 Å². The van der Waals surface area contributed by atoms with Crippen molar-refractivity contribution >= 4 is 0 Å². The first-order chi connectivity index (χ1) is 8.95. The van der Waals surface area contributed by atoms with E-state index in [1.54, 1.807) is 12.1 Å². The summed E-state index contributed by atoms with van der Waals surface area (Å²) in [5.41, 5.74) is -1.27. The number of hydrogen-bond donors (Lipinski definition) is 0. The normalized spacial score (nSPS) is 10.8. The monoisotopic (exact) mass is 264 g/mol. The molecule has 0 spiro atoms. The highest BCUT2D eigenvalue weighted by Crippen LogP contribution is 2.28. The van der Waals surface area contributed by atoms with Crippen molar-refractivity contribution in [3.8, 4) is 18.0 Å². The number of aromatic nitrogens is 4. The van der Waals surface area contributed by atoms with Crippen LogP contribution in [0.1, 0.15) is 17.1 Å². The van der Waals surface area contributed by atoms with Gasteiger partial charge in [0.2, 0.25) is 0 Å². The minimum Gasteiger partial charge on any atom is -0.223 e. The van der Waals surface area contributed by atoms with Crippen LogP contribution in [0.25, 0.3) is 5.82 Å². The molecule has 9 heteroatoms. The summed E-state index contributed by atoms with van der Waals surface area (Å²) in [4.78, 5) is 6.87. The molecule has 2 aromatic rings. The molecule has 0 amide bonds. The maximum absolute atomic E-state index is 12.5. The molecule has 2 aromatic heterocycles. The van der Waals surface area contributed by atoms with Crippen molar-refractivity contribution in [3.63, 3.8) is 0 Å². The molecule has 2 rings (SSSR count). The Labute approximate surface area is 104 Å². The lowest BCUT2D eigenvalue weighted by Gasteiger charge is -2.08. The van der Waals surface area contributed by atoms with E-state index in [9.17, 15) is 13.2 Å². The number of hydrogen-bond acceptors (Lipinski definition) is 5. The highest BCUT2D eigenvalue weighted by atomic mass is 19.4. The number of halogens is 3. The van der Waals surface area contributed by atoms with Crippen molar-refractivity contribution < 1.29 is 13.2 Å². The van der Waals surface area contributed by atoms with E-state index >= 15 is 0 Å². The van der Waals surface area contributed by atoms with Crippen molar-refractivity contribution in [1.29, 1.82) is 10.5 Å². The van der Waals surface area contributed by atoms with Gasteiger partial charge in [-0.1, -0.05) is 0 Å². The molecule has 19 heavy (non-hydrogen) atoms. The average Bonchev–Trinajstić information content (AvgIpc) is 2.85. The van der Waals surface area contributed by atoms with Gasteiger partial charge in [-0.15, -0.1) is 5.10 Å². The van der Waals surface area contributed by atoms with E-state index in [4.69, 9.17) is 10.5 Å². The molecule has 0 aliphatic carbocycles. The first-order valence-corrected chi connectivity index (χ1v) is 4.76. The maximum Gasteiger partial charge on any atom is 0.433 e. The Hall–Kier alpha value is -2.94. The minimum absolute atomic E-state index is 0.109. The molecule has 0 aliphatic rings. The third-order valence-corrected chi connectivity index (χ3v) is 2.09. The Morgan fingerprint density at radius 3 is 2.42 bits per heavy atom. The largest absolute Gasteiger partial charge is 0.433 e. The van der Waals surface area contributed by atoms with Gasteiger partial charge in [0.05, 0.1) is 5.56 Å². The summed E-state index contributed by atoms with van der Waals surface area (Å²) in [5.74, 6) is -0.561. The average molecular weight is 264 g/mol. The van der Waals surface area contributed by atoms with Gasteiger partial charge in [-0.3, -0.25) is 0 Å². The van der Waals surface area contributed by atoms with E-state index in [-0.39, 0.29) is 17.2 Å². The molecule has 0 aromatic carbocycles. The van der Waals surface area contributed by atoms with Crippen LogP contribution in [-0.4, -0.2) is 19.7 Å². The zero-order chi connectivity index (χ0) is 14.0. The van der Waals surface area contributed by atoms with Crippen LogP contribution in [0.2, 0.25) is 0 Å². The van der Waals surface area contributed by atoms with Gasteiger partial charge in [-0.05, 0) is 12.1 Å². The number of rotatable bonds is 1. The summed E-state index contributed by atoms with van der Waals surface area (Å²) in [6.07, 6.45) is -3.62. The predicted molar refractivity (Wildman–Crippen MR) is 53.6 cm³/mol. The summed E-state index contributed by atoms with van der Waals surface area (Å²) < 4.78 is 38.5. The second kappa shape index (κ2) is 4.38. The van der Waals surface area contributed by atoms with Crippen molar-refractivity contribution in [3.05, 3.63) is 35.5 Å². The zero-order valence-corrected chi connectivity index (χ0v) is 9.05. The molecule has 0 bridgehead atoms. The smallest absolute Gasteiger partial charge is 0.223 e. The van der Waals surface area contributed by atoms with E-state index < -0.39 is 11.9 Å². The van der Waals surface area contributed by atoms with Gasteiger partial charge >= 0.3 is 6.18 Å². The van der Waals surface area contributed by atoms with Crippen LogP contribution in [0.15, 0.2) is 18.5 Å². The summed E-state index contributed by atoms with van der Waals surface area (Å²) in [7, 11) is 0. The van der Waals surface area contributed by atoms with Gasteiger partial charge in [0.1, 0.15) is 24.2 Å². The number of alkyl halides is 3. The molecule has 0 saturated carbocycles. The van der Waals surface area contributed by atoms with Gasteiger partial charge in [0, 0.05) is 0 Å². The lowest BCUT2D eigenvalue weighted by atomic mass is 10.2. The van der Waals surface area contributed by atoms with E-state index in [0.29, 0.717) is 6.07 Å². The molecular formula is C10H3F3N6. The summed E-state index contributed by atoms with van der Waals surface area (Å²) in [6.45, 7) is 0. The molecule has 0 fully saturated rings. The Balaban J connectivity index is 2.61. The van der Waals surface area contributed by atoms with Gasteiger partial charge in [0.15, 0.2) is 5.82 Å². The molecule has 0 N–H and O–H groups in total. The Morgan fingerprint density at radius 2 is 1.89 bits per heavy atom. The van der Waals surface area contributed by atoms with Crippen LogP contribution in [0.4, 0.5) is 13.2 Å². The molecule has 94 valence electrons. The Kier molecular flexibility index (Phi) is 2.89. The lowest BCUT2D eigenvalue weighted by molar-refractivity contribution is -0.141. The van der Waals surface area contributed by atoms with E-state index in [1.807, 2.05) is 0 Å². The molecule has 0 atom stereocenters. The quantitative estimate of drug-likeness (QED) is 0.776. The van der Waals surface area contributed by atoms with Crippen molar-refractivity contribution in [2.75, 3.05) is 0 Å². The fourth-order valence-corrected chi connectivity index (χ4v) is 1.28. The number of nitriles is 2. The fraction of sp³-hybridized carbons (Fsp3) is 0.100. The summed E-state index contributed by atoms with van der Waals surface area (Å²) >= 11 is 0. The number of nitrogens with zero attached hydrogens (tertiary/aromatic N) is 6. The van der Waals surface area contributed by atoms with Crippen molar-refractivity contribution in [2.24, 2.45) is 0 Å². The van der Waals surface area contributed by atoms with Gasteiger partial charge < -0.3 is 0 Å². The zero-order valence-electron chi connectivity index (χ0n) is 9.05. The standard InChI is InChI=1S/C10H3F3N6/c11-10(12,13)7-2-1-6(3-14)9(17-7)19-5-16-8(4-15)18-19/h1-2,5H. The first kappa shape index (κ1) is 12.5. The van der Waals surface area contributed by atoms with Gasteiger partial charge in [-0.2, -0.15) is 28.4 Å². The molecule has 0 unspecified atom stereocenters. The van der Waals surface area contributed by atoms with Crippen LogP contribution in [0, 0.1) is 22.7 Å². The van der Waals surface area contributed by atoms with Crippen LogP contribution in [0.3, 0.4) is 0 Å². The Bertz CT molecular complexity index is 703. The molecule has 2 heterocycles. The fourth-order valence-electron chi connectivity index (χ4n) is 1.28. The van der Waals surface area contributed by atoms with Crippen LogP contribution in [0.5, 0.6) is 0 Å². The molecule has 6 nitrogen and oxygen atoms in total. The number of pyridine rings is 1. The third kappa shape index (κ3) is 2.35. The SMILES string of the molecule is N#Cc1ncn(-c2nc(C(F)(F)F)ccc2C#N)n1. The van der Waals surface area contributed by atoms with Crippen molar-refractivity contribution in [1.82, 2.24) is 19.7 Å². The van der Waals surface area contributed by atoms with Crippen LogP contribution >= 0.6 is 0 Å². The van der Waals surface area contributed by atoms with Gasteiger partial charge in [-0.25, -0.2) is 9.97 Å². The van der Waals surface area contributed by atoms with Crippen LogP contribution in [-0.2, 0) is 6.18 Å². The molecule has 0 radical (unpaired) electrons. The summed E-state index contributed by atoms with van der Waals surface area (Å²) in [6, 6.07) is 5.01. The Morgan fingerprint density at radius 1 is 1.16 bits per heavy atom. The van der Waals surface area contributed by atoms with E-state index in [1.165, 1.54) is 0 Å². The maximum atomic E-state index is 12.5. The molecule has 0 aliphatic heterocycles. The second-order valence-corrected chi connectivity index (χ2v) is 3.30. The predicted octanol–water partition coefficient (Wildman–Crippen LogP) is 1.42. The van der Waals surface area contributed by atoms with Crippen LogP contribution < -0.4 is 0 Å². The van der Waals surface area contributed by atoms with E-state index in [2.05, 4.69) is 15.1 Å². The highest BCUT2D eigenvalue weighted by Gasteiger charge is 2.33. The second-order valence-electron chi connectivity index (χ2n) is 3.30.